The fraction of sp³-hybridized carbons (Fsp3) is 0.161. The maximum Gasteiger partial charge on any atom is 0.322 e. The summed E-state index contributed by atoms with van der Waals surface area (Å²) in [5.74, 6) is -2.81. The average Bonchev–Trinajstić information content (AvgIpc) is 3.78. The highest BCUT2D eigenvalue weighted by atomic mass is 35.5. The topological polar surface area (TPSA) is 258 Å². The van der Waals surface area contributed by atoms with Gasteiger partial charge in [0.05, 0.1) is 16.6 Å². The summed E-state index contributed by atoms with van der Waals surface area (Å²) in [5, 5.41) is 35.1. The van der Waals surface area contributed by atoms with E-state index in [1.54, 1.807) is 0 Å². The highest BCUT2D eigenvalue weighted by Gasteiger charge is 2.19. The van der Waals surface area contributed by atoms with E-state index in [1.165, 1.54) is 56.1 Å². The van der Waals surface area contributed by atoms with Gasteiger partial charge in [0.15, 0.2) is 23.0 Å². The summed E-state index contributed by atoms with van der Waals surface area (Å²) in [6, 6.07) is 8.31. The number of rotatable bonds is 12. The lowest BCUT2D eigenvalue weighted by Gasteiger charge is -2.06. The molecule has 2 aromatic carbocycles. The van der Waals surface area contributed by atoms with Crippen LogP contribution < -0.4 is 26.6 Å². The first-order chi connectivity index (χ1) is 25.4. The molecule has 0 atom stereocenters. The number of fused-ring (bicyclic) bond motifs is 2. The Morgan fingerprint density at radius 3 is 1.58 bits per heavy atom. The third-order valence-corrected chi connectivity index (χ3v) is 7.69. The summed E-state index contributed by atoms with van der Waals surface area (Å²) in [4.78, 5) is 62.8. The van der Waals surface area contributed by atoms with Crippen LogP contribution in [0.5, 0.6) is 0 Å². The van der Waals surface area contributed by atoms with Crippen LogP contribution in [0.15, 0.2) is 49.1 Å². The molecule has 0 aliphatic carbocycles. The average molecular weight is 771 g/mol. The Balaban J connectivity index is 0.000000204. The van der Waals surface area contributed by atoms with E-state index in [1.807, 2.05) is 0 Å². The monoisotopic (exact) mass is 769 g/mol. The Labute approximate surface area is 306 Å². The fourth-order valence-corrected chi connectivity index (χ4v) is 4.91. The molecule has 0 bridgehead atoms. The standard InChI is InChI=1S/C16H15ClFN7O2.C15H12ClFN6O3/c1-19-11(26)6-20-15-13-12(24-25-15)14(23-7-22-13)16(27)21-5-8-2-3-10(18)9(17)4-8;16-8-3-7(1-2-9(8)17)4-19-15(26)13-11-12(20-6-21-13)14(23-22-11)18-5-10(24)25/h2-4,7H,5-6H2,1H3,(H,19,26)(H,21,27)(H2,20,24,25);1-3,6H,4-5H2,(H,19,26)(H,24,25)(H2,18,22,23). The normalized spacial score (nSPS) is 10.7. The van der Waals surface area contributed by atoms with Crippen molar-refractivity contribution in [3.8, 4) is 0 Å². The van der Waals surface area contributed by atoms with Gasteiger partial charge in [-0.05, 0) is 35.4 Å². The zero-order chi connectivity index (χ0) is 38.1. The summed E-state index contributed by atoms with van der Waals surface area (Å²) in [6.07, 6.45) is 2.40. The zero-order valence-corrected chi connectivity index (χ0v) is 28.7. The van der Waals surface area contributed by atoms with Gasteiger partial charge in [-0.25, -0.2) is 28.7 Å². The first-order valence-corrected chi connectivity index (χ1v) is 15.9. The van der Waals surface area contributed by atoms with Crippen LogP contribution in [0.1, 0.15) is 32.1 Å². The molecule has 22 heteroatoms. The second kappa shape index (κ2) is 17.1. The summed E-state index contributed by atoms with van der Waals surface area (Å²) in [7, 11) is 1.52. The Kier molecular flexibility index (Phi) is 12.2. The van der Waals surface area contributed by atoms with E-state index in [0.717, 1.165) is 0 Å². The third kappa shape index (κ3) is 9.42. The first-order valence-electron chi connectivity index (χ1n) is 15.2. The highest BCUT2D eigenvalue weighted by Crippen LogP contribution is 2.22. The molecule has 0 aliphatic heterocycles. The number of carboxylic acids is 1. The number of likely N-dealkylation sites (N-methyl/N-ethyl adjacent to an activating group) is 1. The van der Waals surface area contributed by atoms with Crippen LogP contribution in [0.25, 0.3) is 22.1 Å². The van der Waals surface area contributed by atoms with Crippen molar-refractivity contribution in [2.75, 3.05) is 30.8 Å². The summed E-state index contributed by atoms with van der Waals surface area (Å²) in [6.45, 7) is -0.0903. The molecule has 6 aromatic rings. The number of aromatic nitrogens is 8. The minimum atomic E-state index is -1.06. The number of aliphatic carboxylic acids is 1. The Hall–Kier alpha value is -6.54. The van der Waals surface area contributed by atoms with Gasteiger partial charge in [-0.15, -0.1) is 0 Å². The number of aromatic amines is 2. The van der Waals surface area contributed by atoms with Crippen molar-refractivity contribution in [2.24, 2.45) is 0 Å². The van der Waals surface area contributed by atoms with E-state index >= 15 is 0 Å². The Morgan fingerprint density at radius 2 is 1.17 bits per heavy atom. The Morgan fingerprint density at radius 1 is 0.717 bits per heavy atom. The van der Waals surface area contributed by atoms with E-state index < -0.39 is 29.4 Å². The molecular formula is C31H27Cl2F2N13O5. The fourth-order valence-electron chi connectivity index (χ4n) is 4.51. The molecule has 53 heavy (non-hydrogen) atoms. The molecule has 0 saturated carbocycles. The lowest BCUT2D eigenvalue weighted by Crippen LogP contribution is -2.26. The number of anilines is 2. The molecule has 0 spiro atoms. The number of nitrogens with zero attached hydrogens (tertiary/aromatic N) is 6. The van der Waals surface area contributed by atoms with Crippen molar-refractivity contribution in [3.63, 3.8) is 0 Å². The van der Waals surface area contributed by atoms with Gasteiger partial charge in [0, 0.05) is 20.1 Å². The van der Waals surface area contributed by atoms with Crippen molar-refractivity contribution in [2.45, 2.75) is 13.1 Å². The van der Waals surface area contributed by atoms with Gasteiger partial charge in [-0.1, -0.05) is 35.3 Å². The maximum absolute atomic E-state index is 13.2. The van der Waals surface area contributed by atoms with Crippen molar-refractivity contribution in [1.82, 2.24) is 56.3 Å². The second-order valence-electron chi connectivity index (χ2n) is 10.7. The Bertz CT molecular complexity index is 2320. The van der Waals surface area contributed by atoms with Crippen LogP contribution in [0.3, 0.4) is 0 Å². The quantitative estimate of drug-likeness (QED) is 0.0892. The molecule has 0 unspecified atom stereocenters. The number of carbonyl (C=O) groups is 4. The van der Waals surface area contributed by atoms with Gasteiger partial charge in [-0.3, -0.25) is 29.4 Å². The second-order valence-corrected chi connectivity index (χ2v) is 11.5. The molecule has 274 valence electrons. The van der Waals surface area contributed by atoms with Gasteiger partial charge in [-0.2, -0.15) is 10.2 Å². The highest BCUT2D eigenvalue weighted by molar-refractivity contribution is 6.31. The van der Waals surface area contributed by atoms with Crippen LogP contribution in [0.2, 0.25) is 10.0 Å². The number of amides is 3. The van der Waals surface area contributed by atoms with Crippen molar-refractivity contribution in [1.29, 1.82) is 0 Å². The minimum Gasteiger partial charge on any atom is -0.480 e. The molecule has 8 N–H and O–H groups in total. The smallest absolute Gasteiger partial charge is 0.322 e. The van der Waals surface area contributed by atoms with Crippen molar-refractivity contribution < 1.29 is 33.1 Å². The number of halogens is 4. The van der Waals surface area contributed by atoms with Crippen LogP contribution in [-0.2, 0) is 22.7 Å². The summed E-state index contributed by atoms with van der Waals surface area (Å²) in [5.41, 5.74) is 2.63. The lowest BCUT2D eigenvalue weighted by molar-refractivity contribution is -0.135. The first kappa shape index (κ1) is 37.7. The molecule has 18 nitrogen and oxygen atoms in total. The largest absolute Gasteiger partial charge is 0.480 e. The maximum atomic E-state index is 13.2. The minimum absolute atomic E-state index is 0.00725. The molecule has 4 heterocycles. The van der Waals surface area contributed by atoms with E-state index in [9.17, 15) is 28.0 Å². The van der Waals surface area contributed by atoms with E-state index in [-0.39, 0.29) is 70.4 Å². The number of benzene rings is 2. The summed E-state index contributed by atoms with van der Waals surface area (Å²) < 4.78 is 26.4. The number of carbonyl (C=O) groups excluding carboxylic acids is 3. The predicted molar refractivity (Wildman–Crippen MR) is 187 cm³/mol. The van der Waals surface area contributed by atoms with E-state index in [0.29, 0.717) is 28.0 Å². The van der Waals surface area contributed by atoms with Gasteiger partial charge >= 0.3 is 5.97 Å². The van der Waals surface area contributed by atoms with Crippen LogP contribution in [0.4, 0.5) is 20.4 Å². The van der Waals surface area contributed by atoms with Crippen molar-refractivity contribution >= 4 is 80.6 Å². The SMILES string of the molecule is CNC(=O)CNc1n[nH]c2c(C(=O)NCc3ccc(F)c(Cl)c3)ncnc12.O=C(O)CNc1n[nH]c2c(C(=O)NCc3ccc(F)c(Cl)c3)ncnc12. The van der Waals surface area contributed by atoms with Gasteiger partial charge in [0.1, 0.15) is 52.9 Å². The van der Waals surface area contributed by atoms with E-state index in [2.05, 4.69) is 66.9 Å². The molecule has 6 rings (SSSR count). The molecule has 0 saturated heterocycles. The molecule has 3 amide bonds. The summed E-state index contributed by atoms with van der Waals surface area (Å²) >= 11 is 11.4. The lowest BCUT2D eigenvalue weighted by atomic mass is 10.2. The van der Waals surface area contributed by atoms with Crippen molar-refractivity contribution in [3.05, 3.63) is 93.2 Å². The number of carboxylic acid groups (broad SMARTS) is 1. The van der Waals surface area contributed by atoms with Crippen LogP contribution in [-0.4, -0.2) is 89.3 Å². The molecule has 0 aliphatic rings. The van der Waals surface area contributed by atoms with Crippen LogP contribution >= 0.6 is 23.2 Å². The molecular weight excluding hydrogens is 743 g/mol. The van der Waals surface area contributed by atoms with Gasteiger partial charge in [0.25, 0.3) is 11.8 Å². The number of hydrogen-bond donors (Lipinski definition) is 8. The van der Waals surface area contributed by atoms with Gasteiger partial charge in [0.2, 0.25) is 5.91 Å². The van der Waals surface area contributed by atoms with Gasteiger partial charge < -0.3 is 31.7 Å². The number of hydrogen-bond acceptors (Lipinski definition) is 12. The number of H-pyrrole nitrogens is 2. The zero-order valence-electron chi connectivity index (χ0n) is 27.2. The molecule has 0 radical (unpaired) electrons. The molecule has 0 fully saturated rings. The third-order valence-electron chi connectivity index (χ3n) is 7.11. The van der Waals surface area contributed by atoms with E-state index in [4.69, 9.17) is 28.3 Å². The number of nitrogens with one attached hydrogen (secondary N) is 7. The van der Waals surface area contributed by atoms with Crippen LogP contribution in [0, 0.1) is 11.6 Å². The molecule has 4 aromatic heterocycles. The predicted octanol–water partition coefficient (Wildman–Crippen LogP) is 2.81.